The summed E-state index contributed by atoms with van der Waals surface area (Å²) >= 11 is 0. The maximum absolute atomic E-state index is 11.1. The van der Waals surface area contributed by atoms with Gasteiger partial charge in [0.2, 0.25) is 0 Å². The van der Waals surface area contributed by atoms with E-state index in [0.717, 1.165) is 5.56 Å². The molecule has 0 unspecified atom stereocenters. The van der Waals surface area contributed by atoms with E-state index in [0.29, 0.717) is 38.0 Å². The zero-order valence-electron chi connectivity index (χ0n) is 10.6. The summed E-state index contributed by atoms with van der Waals surface area (Å²) in [5, 5.41) is 18.0. The second-order valence-corrected chi connectivity index (χ2v) is 4.85. The topological polar surface area (TPSA) is 77.8 Å². The minimum absolute atomic E-state index is 0.258. The second kappa shape index (κ2) is 5.84. The number of benzene rings is 1. The van der Waals surface area contributed by atoms with Gasteiger partial charge in [-0.1, -0.05) is 18.2 Å². The normalized spacial score (nSPS) is 17.3. The number of nitrogens with zero attached hydrogens (tertiary/aromatic N) is 1. The number of hydrogen-bond acceptors (Lipinski definition) is 3. The first-order chi connectivity index (χ1) is 9.08. The van der Waals surface area contributed by atoms with Gasteiger partial charge in [0.25, 0.3) is 0 Å². The van der Waals surface area contributed by atoms with Crippen LogP contribution in [0.3, 0.4) is 0 Å². The molecule has 102 valence electrons. The van der Waals surface area contributed by atoms with Crippen molar-refractivity contribution in [2.75, 3.05) is 13.1 Å². The second-order valence-electron chi connectivity index (χ2n) is 4.85. The Morgan fingerprint density at radius 1 is 1.16 bits per heavy atom. The third-order valence-electron chi connectivity index (χ3n) is 3.58. The van der Waals surface area contributed by atoms with Crippen LogP contribution in [0.1, 0.15) is 28.8 Å². The highest BCUT2D eigenvalue weighted by atomic mass is 16.4. The lowest BCUT2D eigenvalue weighted by Crippen LogP contribution is -2.36. The number of carbonyl (C=O) groups is 2. The lowest BCUT2D eigenvalue weighted by Gasteiger charge is -2.30. The summed E-state index contributed by atoms with van der Waals surface area (Å²) < 4.78 is 0. The molecule has 0 atom stereocenters. The zero-order valence-corrected chi connectivity index (χ0v) is 10.6. The molecule has 1 heterocycles. The molecule has 1 aromatic rings. The smallest absolute Gasteiger partial charge is 0.336 e. The van der Waals surface area contributed by atoms with Crippen LogP contribution in [0.5, 0.6) is 0 Å². The minimum atomic E-state index is -0.920. The number of piperidine rings is 1. The molecule has 0 saturated carbocycles. The monoisotopic (exact) mass is 263 g/mol. The van der Waals surface area contributed by atoms with Crippen molar-refractivity contribution in [1.29, 1.82) is 0 Å². The fourth-order valence-corrected chi connectivity index (χ4v) is 2.45. The third-order valence-corrected chi connectivity index (χ3v) is 3.58. The molecule has 5 nitrogen and oxygen atoms in total. The minimum Gasteiger partial charge on any atom is -0.481 e. The molecule has 0 bridgehead atoms. The molecule has 1 aromatic carbocycles. The standard InChI is InChI=1S/C14H17NO4/c16-13(17)10-5-7-15(8-6-10)9-11-3-1-2-4-12(11)14(18)19/h1-4,10H,5-9H2,(H,16,17)(H,18,19). The van der Waals surface area contributed by atoms with Gasteiger partial charge in [-0.05, 0) is 37.6 Å². The third kappa shape index (κ3) is 3.32. The number of carboxylic acids is 2. The number of carboxylic acid groups (broad SMARTS) is 2. The fourth-order valence-electron chi connectivity index (χ4n) is 2.45. The van der Waals surface area contributed by atoms with Crippen molar-refractivity contribution in [1.82, 2.24) is 4.90 Å². The summed E-state index contributed by atoms with van der Waals surface area (Å²) in [5.41, 5.74) is 1.10. The van der Waals surface area contributed by atoms with Crippen molar-refractivity contribution in [3.8, 4) is 0 Å². The highest BCUT2D eigenvalue weighted by Gasteiger charge is 2.25. The van der Waals surface area contributed by atoms with E-state index < -0.39 is 11.9 Å². The Kier molecular flexibility index (Phi) is 4.16. The van der Waals surface area contributed by atoms with Crippen molar-refractivity contribution in [2.24, 2.45) is 5.92 Å². The van der Waals surface area contributed by atoms with E-state index in [4.69, 9.17) is 10.2 Å². The Hall–Kier alpha value is -1.88. The number of hydrogen-bond donors (Lipinski definition) is 2. The van der Waals surface area contributed by atoms with Crippen LogP contribution in [0, 0.1) is 5.92 Å². The maximum atomic E-state index is 11.1. The highest BCUT2D eigenvalue weighted by Crippen LogP contribution is 2.20. The summed E-state index contributed by atoms with van der Waals surface area (Å²) in [6.45, 7) is 1.96. The highest BCUT2D eigenvalue weighted by molar-refractivity contribution is 5.89. The molecule has 0 aliphatic carbocycles. The molecular formula is C14H17NO4. The van der Waals surface area contributed by atoms with E-state index in [9.17, 15) is 9.59 Å². The van der Waals surface area contributed by atoms with Crippen LogP contribution >= 0.6 is 0 Å². The van der Waals surface area contributed by atoms with Crippen LogP contribution in [0.2, 0.25) is 0 Å². The lowest BCUT2D eigenvalue weighted by atomic mass is 9.96. The van der Waals surface area contributed by atoms with E-state index in [1.807, 2.05) is 12.1 Å². The van der Waals surface area contributed by atoms with Gasteiger partial charge in [0, 0.05) is 6.54 Å². The lowest BCUT2D eigenvalue weighted by molar-refractivity contribution is -0.143. The van der Waals surface area contributed by atoms with Crippen LogP contribution in [-0.4, -0.2) is 40.1 Å². The molecule has 0 amide bonds. The number of rotatable bonds is 4. The van der Waals surface area contributed by atoms with E-state index in [1.54, 1.807) is 12.1 Å². The summed E-state index contributed by atoms with van der Waals surface area (Å²) in [6, 6.07) is 6.95. The number of aromatic carboxylic acids is 1. The predicted octanol–water partition coefficient (Wildman–Crippen LogP) is 1.68. The molecule has 2 rings (SSSR count). The SMILES string of the molecule is O=C(O)c1ccccc1CN1CCC(C(=O)O)CC1. The van der Waals surface area contributed by atoms with Gasteiger partial charge in [0.15, 0.2) is 0 Å². The first-order valence-electron chi connectivity index (χ1n) is 6.34. The molecule has 1 saturated heterocycles. The van der Waals surface area contributed by atoms with Gasteiger partial charge < -0.3 is 10.2 Å². The molecule has 1 fully saturated rings. The molecule has 0 aromatic heterocycles. The van der Waals surface area contributed by atoms with Crippen LogP contribution in [-0.2, 0) is 11.3 Å². The Labute approximate surface area is 111 Å². The first kappa shape index (κ1) is 13.5. The van der Waals surface area contributed by atoms with Crippen molar-refractivity contribution in [3.63, 3.8) is 0 Å². The van der Waals surface area contributed by atoms with Crippen LogP contribution in [0.25, 0.3) is 0 Å². The maximum Gasteiger partial charge on any atom is 0.336 e. The Bertz CT molecular complexity index is 478. The van der Waals surface area contributed by atoms with Crippen LogP contribution < -0.4 is 0 Å². The van der Waals surface area contributed by atoms with Crippen LogP contribution in [0.4, 0.5) is 0 Å². The molecule has 19 heavy (non-hydrogen) atoms. The summed E-state index contributed by atoms with van der Waals surface area (Å²) in [6.07, 6.45) is 1.26. The predicted molar refractivity (Wildman–Crippen MR) is 69.0 cm³/mol. The van der Waals surface area contributed by atoms with Gasteiger partial charge in [0.1, 0.15) is 0 Å². The molecule has 2 N–H and O–H groups in total. The van der Waals surface area contributed by atoms with E-state index in [-0.39, 0.29) is 5.92 Å². The summed E-state index contributed by atoms with van der Waals surface area (Å²) in [4.78, 5) is 24.1. The molecule has 5 heteroatoms. The molecular weight excluding hydrogens is 246 g/mol. The zero-order chi connectivity index (χ0) is 13.8. The molecule has 1 aliphatic rings. The largest absolute Gasteiger partial charge is 0.481 e. The average Bonchev–Trinajstić information content (AvgIpc) is 2.39. The van der Waals surface area contributed by atoms with Gasteiger partial charge in [-0.3, -0.25) is 9.69 Å². The van der Waals surface area contributed by atoms with E-state index in [2.05, 4.69) is 4.90 Å². The first-order valence-corrected chi connectivity index (χ1v) is 6.34. The van der Waals surface area contributed by atoms with Crippen molar-refractivity contribution < 1.29 is 19.8 Å². The van der Waals surface area contributed by atoms with E-state index >= 15 is 0 Å². The fraction of sp³-hybridized carbons (Fsp3) is 0.429. The van der Waals surface area contributed by atoms with Gasteiger partial charge in [-0.25, -0.2) is 4.79 Å². The quantitative estimate of drug-likeness (QED) is 0.864. The van der Waals surface area contributed by atoms with Crippen molar-refractivity contribution >= 4 is 11.9 Å². The molecule has 0 radical (unpaired) electrons. The van der Waals surface area contributed by atoms with Gasteiger partial charge in [-0.2, -0.15) is 0 Å². The molecule has 1 aliphatic heterocycles. The Balaban J connectivity index is 2.00. The Morgan fingerprint density at radius 3 is 2.37 bits per heavy atom. The molecule has 0 spiro atoms. The summed E-state index contributed by atoms with van der Waals surface area (Å²) in [5.74, 6) is -1.91. The Morgan fingerprint density at radius 2 is 1.79 bits per heavy atom. The van der Waals surface area contributed by atoms with Crippen molar-refractivity contribution in [2.45, 2.75) is 19.4 Å². The summed E-state index contributed by atoms with van der Waals surface area (Å²) in [7, 11) is 0. The van der Waals surface area contributed by atoms with E-state index in [1.165, 1.54) is 0 Å². The van der Waals surface area contributed by atoms with Crippen LogP contribution in [0.15, 0.2) is 24.3 Å². The number of aliphatic carboxylic acids is 1. The number of likely N-dealkylation sites (tertiary alicyclic amines) is 1. The van der Waals surface area contributed by atoms with Crippen molar-refractivity contribution in [3.05, 3.63) is 35.4 Å². The van der Waals surface area contributed by atoms with Gasteiger partial charge in [0.05, 0.1) is 11.5 Å². The van der Waals surface area contributed by atoms with Gasteiger partial charge in [-0.15, -0.1) is 0 Å². The van der Waals surface area contributed by atoms with Gasteiger partial charge >= 0.3 is 11.9 Å². The average molecular weight is 263 g/mol.